The zero-order valence-electron chi connectivity index (χ0n) is 6.46. The molecule has 0 amide bonds. The maximum Gasteiger partial charge on any atom is 0.301 e. The van der Waals surface area contributed by atoms with Gasteiger partial charge in [-0.1, -0.05) is 11.6 Å². The Kier molecular flexibility index (Phi) is 3.24. The molecule has 0 aliphatic rings. The van der Waals surface area contributed by atoms with Crippen LogP contribution in [0.5, 0.6) is 0 Å². The summed E-state index contributed by atoms with van der Waals surface area (Å²) in [6.45, 7) is 0.302. The number of nitrogens with zero attached hydrogens (tertiary/aromatic N) is 1. The van der Waals surface area contributed by atoms with Gasteiger partial charge in [-0.3, -0.25) is 10.1 Å². The molecule has 6 heteroatoms. The number of halogens is 2. The molecule has 0 aliphatic carbocycles. The minimum Gasteiger partial charge on any atom is -0.326 e. The predicted molar refractivity (Wildman–Crippen MR) is 53.7 cm³/mol. The van der Waals surface area contributed by atoms with Crippen molar-refractivity contribution in [3.8, 4) is 0 Å². The highest BCUT2D eigenvalue weighted by atomic mass is 79.9. The molecule has 0 saturated heterocycles. The SMILES string of the molecule is NCc1cc(Cl)c([N+](=O)[O-])c(Br)c1. The van der Waals surface area contributed by atoms with E-state index in [2.05, 4.69) is 15.9 Å². The van der Waals surface area contributed by atoms with Crippen LogP contribution in [0.25, 0.3) is 0 Å². The summed E-state index contributed by atoms with van der Waals surface area (Å²) in [6.07, 6.45) is 0. The van der Waals surface area contributed by atoms with Gasteiger partial charge in [-0.25, -0.2) is 0 Å². The van der Waals surface area contributed by atoms with Crippen molar-refractivity contribution in [2.24, 2.45) is 5.73 Å². The van der Waals surface area contributed by atoms with E-state index < -0.39 is 4.92 Å². The van der Waals surface area contributed by atoms with Crippen LogP contribution < -0.4 is 5.73 Å². The number of rotatable bonds is 2. The second kappa shape index (κ2) is 4.04. The molecular formula is C7H6BrClN2O2. The molecule has 0 fully saturated rings. The van der Waals surface area contributed by atoms with E-state index >= 15 is 0 Å². The minimum atomic E-state index is -0.535. The Morgan fingerprint density at radius 2 is 2.23 bits per heavy atom. The fourth-order valence-corrected chi connectivity index (χ4v) is 1.99. The molecule has 0 atom stereocenters. The van der Waals surface area contributed by atoms with E-state index in [-0.39, 0.29) is 10.7 Å². The summed E-state index contributed by atoms with van der Waals surface area (Å²) in [6, 6.07) is 3.08. The van der Waals surface area contributed by atoms with Gasteiger partial charge in [0, 0.05) is 6.54 Å². The Morgan fingerprint density at radius 1 is 1.62 bits per heavy atom. The van der Waals surface area contributed by atoms with E-state index in [9.17, 15) is 10.1 Å². The van der Waals surface area contributed by atoms with Gasteiger partial charge >= 0.3 is 5.69 Å². The van der Waals surface area contributed by atoms with Crippen LogP contribution >= 0.6 is 27.5 Å². The Hall–Kier alpha value is -0.650. The lowest BCUT2D eigenvalue weighted by atomic mass is 10.2. The van der Waals surface area contributed by atoms with Gasteiger partial charge in [-0.2, -0.15) is 0 Å². The van der Waals surface area contributed by atoms with Gasteiger partial charge in [-0.15, -0.1) is 0 Å². The summed E-state index contributed by atoms with van der Waals surface area (Å²) in [5.74, 6) is 0. The van der Waals surface area contributed by atoms with Crippen LogP contribution in [0.2, 0.25) is 5.02 Å². The first-order valence-corrected chi connectivity index (χ1v) is 4.55. The van der Waals surface area contributed by atoms with Crippen LogP contribution in [0.15, 0.2) is 16.6 Å². The van der Waals surface area contributed by atoms with Crippen molar-refractivity contribution >= 4 is 33.2 Å². The molecule has 0 spiro atoms. The molecule has 0 saturated carbocycles. The third-order valence-electron chi connectivity index (χ3n) is 1.49. The first kappa shape index (κ1) is 10.4. The molecule has 0 heterocycles. The first-order valence-electron chi connectivity index (χ1n) is 3.38. The van der Waals surface area contributed by atoms with Crippen molar-refractivity contribution in [2.45, 2.75) is 6.54 Å². The van der Waals surface area contributed by atoms with Crippen molar-refractivity contribution < 1.29 is 4.92 Å². The van der Waals surface area contributed by atoms with Crippen LogP contribution in [0.4, 0.5) is 5.69 Å². The van der Waals surface area contributed by atoms with Crippen LogP contribution in [-0.2, 0) is 6.54 Å². The largest absolute Gasteiger partial charge is 0.326 e. The summed E-state index contributed by atoms with van der Waals surface area (Å²) in [5.41, 5.74) is 5.99. The molecular weight excluding hydrogens is 259 g/mol. The zero-order valence-corrected chi connectivity index (χ0v) is 8.80. The topological polar surface area (TPSA) is 69.2 Å². The summed E-state index contributed by atoms with van der Waals surface area (Å²) in [4.78, 5) is 9.97. The van der Waals surface area contributed by atoms with Crippen LogP contribution in [0.3, 0.4) is 0 Å². The predicted octanol–water partition coefficient (Wildman–Crippen LogP) is 2.47. The van der Waals surface area contributed by atoms with Gasteiger partial charge in [-0.05, 0) is 33.6 Å². The standard InChI is InChI=1S/C7H6BrClN2O2/c8-5-1-4(3-10)2-6(9)7(5)11(12)13/h1-2H,3,10H2. The first-order chi connectivity index (χ1) is 6.06. The molecule has 2 N–H and O–H groups in total. The second-order valence-corrected chi connectivity index (χ2v) is 3.63. The van der Waals surface area contributed by atoms with Gasteiger partial charge in [0.1, 0.15) is 5.02 Å². The summed E-state index contributed by atoms with van der Waals surface area (Å²) in [7, 11) is 0. The number of benzene rings is 1. The fourth-order valence-electron chi connectivity index (χ4n) is 0.910. The van der Waals surface area contributed by atoms with Crippen molar-refractivity contribution in [3.05, 3.63) is 37.3 Å². The number of hydrogen-bond acceptors (Lipinski definition) is 3. The summed E-state index contributed by atoms with van der Waals surface area (Å²) in [5, 5.41) is 10.6. The van der Waals surface area contributed by atoms with Crippen LogP contribution in [0, 0.1) is 10.1 Å². The Bertz CT molecular complexity index is 333. The lowest BCUT2D eigenvalue weighted by molar-refractivity contribution is -0.385. The van der Waals surface area contributed by atoms with Gasteiger partial charge in [0.15, 0.2) is 0 Å². The molecule has 0 aromatic heterocycles. The van der Waals surface area contributed by atoms with Crippen molar-refractivity contribution in [1.29, 1.82) is 0 Å². The van der Waals surface area contributed by atoms with Crippen molar-refractivity contribution in [3.63, 3.8) is 0 Å². The number of nitrogens with two attached hydrogens (primary N) is 1. The number of nitro benzene ring substituents is 1. The Morgan fingerprint density at radius 3 is 2.62 bits per heavy atom. The highest BCUT2D eigenvalue weighted by Gasteiger charge is 2.17. The fraction of sp³-hybridized carbons (Fsp3) is 0.143. The second-order valence-electron chi connectivity index (χ2n) is 2.37. The average molecular weight is 265 g/mol. The zero-order chi connectivity index (χ0) is 10.0. The van der Waals surface area contributed by atoms with E-state index in [1.807, 2.05) is 0 Å². The van der Waals surface area contributed by atoms with Gasteiger partial charge in [0.25, 0.3) is 0 Å². The number of hydrogen-bond donors (Lipinski definition) is 1. The van der Waals surface area contributed by atoms with Crippen molar-refractivity contribution in [2.75, 3.05) is 0 Å². The van der Waals surface area contributed by atoms with Gasteiger partial charge in [0.2, 0.25) is 0 Å². The van der Waals surface area contributed by atoms with E-state index in [0.29, 0.717) is 11.0 Å². The third-order valence-corrected chi connectivity index (χ3v) is 2.39. The summed E-state index contributed by atoms with van der Waals surface area (Å²) >= 11 is 8.74. The Balaban J connectivity index is 3.31. The molecule has 1 aromatic carbocycles. The molecule has 70 valence electrons. The third kappa shape index (κ3) is 2.18. The molecule has 13 heavy (non-hydrogen) atoms. The van der Waals surface area contributed by atoms with Gasteiger partial charge < -0.3 is 5.73 Å². The van der Waals surface area contributed by atoms with E-state index in [1.54, 1.807) is 6.07 Å². The van der Waals surface area contributed by atoms with E-state index in [1.165, 1.54) is 6.07 Å². The minimum absolute atomic E-state index is 0.0971. The molecule has 0 unspecified atom stereocenters. The molecule has 0 radical (unpaired) electrons. The molecule has 1 aromatic rings. The molecule has 1 rings (SSSR count). The quantitative estimate of drug-likeness (QED) is 0.659. The van der Waals surface area contributed by atoms with Crippen LogP contribution in [0.1, 0.15) is 5.56 Å². The molecule has 0 aliphatic heterocycles. The van der Waals surface area contributed by atoms with Gasteiger partial charge in [0.05, 0.1) is 9.40 Å². The highest BCUT2D eigenvalue weighted by molar-refractivity contribution is 9.10. The molecule has 0 bridgehead atoms. The maximum absolute atomic E-state index is 10.5. The monoisotopic (exact) mass is 264 g/mol. The average Bonchev–Trinajstić information content (AvgIpc) is 2.02. The lowest BCUT2D eigenvalue weighted by Gasteiger charge is -2.01. The Labute approximate surface area is 88.0 Å². The van der Waals surface area contributed by atoms with Crippen molar-refractivity contribution in [1.82, 2.24) is 0 Å². The van der Waals surface area contributed by atoms with E-state index in [0.717, 1.165) is 5.56 Å². The maximum atomic E-state index is 10.5. The molecule has 4 nitrogen and oxygen atoms in total. The van der Waals surface area contributed by atoms with E-state index in [4.69, 9.17) is 17.3 Å². The normalized spacial score (nSPS) is 10.1. The number of nitro groups is 1. The smallest absolute Gasteiger partial charge is 0.301 e. The lowest BCUT2D eigenvalue weighted by Crippen LogP contribution is -1.98. The summed E-state index contributed by atoms with van der Waals surface area (Å²) < 4.78 is 0.352. The highest BCUT2D eigenvalue weighted by Crippen LogP contribution is 2.33. The van der Waals surface area contributed by atoms with Crippen LogP contribution in [-0.4, -0.2) is 4.92 Å².